The van der Waals surface area contributed by atoms with Crippen LogP contribution in [0.2, 0.25) is 0 Å². The van der Waals surface area contributed by atoms with Crippen LogP contribution in [-0.4, -0.2) is 25.9 Å². The zero-order valence-electron chi connectivity index (χ0n) is 14.8. The Balaban J connectivity index is 2.39. The highest BCUT2D eigenvalue weighted by molar-refractivity contribution is 7.87. The smallest absolute Gasteiger partial charge is 0.297 e. The Morgan fingerprint density at radius 1 is 0.700 bits per heavy atom. The highest BCUT2D eigenvalue weighted by Gasteiger charge is 2.33. The molecule has 0 radical (unpaired) electrons. The van der Waals surface area contributed by atoms with Crippen LogP contribution in [0.5, 0.6) is 0 Å². The van der Waals surface area contributed by atoms with Gasteiger partial charge in [0.05, 0.1) is 4.90 Å². The van der Waals surface area contributed by atoms with Crippen LogP contribution in [0.25, 0.3) is 0 Å². The highest BCUT2D eigenvalue weighted by atomic mass is 32.2. The second-order valence-corrected chi connectivity index (χ2v) is 11.7. The van der Waals surface area contributed by atoms with Crippen LogP contribution < -0.4 is 15.9 Å². The van der Waals surface area contributed by atoms with E-state index in [1.54, 1.807) is 0 Å². The molecule has 0 saturated heterocycles. The van der Waals surface area contributed by atoms with Gasteiger partial charge in [-0.25, -0.2) is 8.78 Å². The topological polar surface area (TPSA) is 126 Å². The monoisotopic (exact) mass is 474 g/mol. The maximum Gasteiger partial charge on any atom is 0.297 e. The Labute approximate surface area is 170 Å². The van der Waals surface area contributed by atoms with Crippen molar-refractivity contribution in [3.05, 3.63) is 78.4 Å². The summed E-state index contributed by atoms with van der Waals surface area (Å²) < 4.78 is 106. The number of halogens is 2. The van der Waals surface area contributed by atoms with E-state index in [2.05, 4.69) is 0 Å². The first-order valence-electron chi connectivity index (χ1n) is 8.05. The van der Waals surface area contributed by atoms with Gasteiger partial charge in [-0.3, -0.25) is 9.11 Å². The molecule has 1 unspecified atom stereocenters. The Bertz CT molecular complexity index is 1390. The summed E-state index contributed by atoms with van der Waals surface area (Å²) in [6, 6.07) is 11.0. The third-order valence-electron chi connectivity index (χ3n) is 4.23. The molecular formula is C18H13F2O7PS2. The lowest BCUT2D eigenvalue weighted by Crippen LogP contribution is -2.26. The van der Waals surface area contributed by atoms with Crippen LogP contribution >= 0.6 is 7.14 Å². The molecule has 0 aromatic heterocycles. The van der Waals surface area contributed by atoms with Crippen LogP contribution in [0.1, 0.15) is 0 Å². The molecule has 1 atom stereocenters. The van der Waals surface area contributed by atoms with E-state index in [-0.39, 0.29) is 15.9 Å². The average Bonchev–Trinajstić information content (AvgIpc) is 2.67. The molecule has 3 aromatic rings. The van der Waals surface area contributed by atoms with Gasteiger partial charge < -0.3 is 4.57 Å². The molecule has 7 nitrogen and oxygen atoms in total. The largest absolute Gasteiger partial charge is 0.309 e. The Morgan fingerprint density at radius 3 is 1.83 bits per heavy atom. The minimum atomic E-state index is -5.01. The van der Waals surface area contributed by atoms with Crippen molar-refractivity contribution in [2.24, 2.45) is 0 Å². The zero-order valence-corrected chi connectivity index (χ0v) is 17.3. The van der Waals surface area contributed by atoms with Crippen LogP contribution in [0.15, 0.2) is 76.5 Å². The van der Waals surface area contributed by atoms with E-state index in [0.29, 0.717) is 12.1 Å². The van der Waals surface area contributed by atoms with E-state index < -0.39 is 48.8 Å². The molecule has 3 aromatic carbocycles. The summed E-state index contributed by atoms with van der Waals surface area (Å²) in [6.07, 6.45) is 0. The van der Waals surface area contributed by atoms with Crippen molar-refractivity contribution in [2.45, 2.75) is 9.79 Å². The van der Waals surface area contributed by atoms with Crippen LogP contribution in [0, 0.1) is 11.6 Å². The lowest BCUT2D eigenvalue weighted by molar-refractivity contribution is 0.473. The Morgan fingerprint density at radius 2 is 1.27 bits per heavy atom. The minimum Gasteiger partial charge on any atom is -0.309 e. The van der Waals surface area contributed by atoms with Gasteiger partial charge in [-0.05, 0) is 54.6 Å². The van der Waals surface area contributed by atoms with Crippen LogP contribution in [0.4, 0.5) is 8.78 Å². The zero-order chi connectivity index (χ0) is 22.3. The van der Waals surface area contributed by atoms with Gasteiger partial charge in [0, 0.05) is 15.9 Å². The number of hydrogen-bond donors (Lipinski definition) is 2. The van der Waals surface area contributed by atoms with E-state index in [1.807, 2.05) is 0 Å². The third kappa shape index (κ3) is 4.21. The third-order valence-corrected chi connectivity index (χ3v) is 8.98. The summed E-state index contributed by atoms with van der Waals surface area (Å²) in [7, 11) is -13.8. The van der Waals surface area contributed by atoms with E-state index in [9.17, 15) is 39.3 Å². The maximum absolute atomic E-state index is 14.2. The Hall–Kier alpha value is -2.43. The molecule has 0 bridgehead atoms. The van der Waals surface area contributed by atoms with Gasteiger partial charge in [0.15, 0.2) is 7.14 Å². The molecule has 30 heavy (non-hydrogen) atoms. The molecule has 0 amide bonds. The van der Waals surface area contributed by atoms with Crippen molar-refractivity contribution < 1.29 is 39.3 Å². The molecule has 2 N–H and O–H groups in total. The normalized spacial score (nSPS) is 14.3. The summed E-state index contributed by atoms with van der Waals surface area (Å²) in [6.45, 7) is 0. The van der Waals surface area contributed by atoms with Crippen molar-refractivity contribution >= 4 is 43.3 Å². The van der Waals surface area contributed by atoms with E-state index in [1.165, 1.54) is 12.1 Å². The van der Waals surface area contributed by atoms with Crippen molar-refractivity contribution in [2.75, 3.05) is 0 Å². The Kier molecular flexibility index (Phi) is 5.70. The van der Waals surface area contributed by atoms with Crippen molar-refractivity contribution in [3.63, 3.8) is 0 Å². The fraction of sp³-hybridized carbons (Fsp3) is 0. The molecule has 12 heteroatoms. The fourth-order valence-corrected chi connectivity index (χ4v) is 6.79. The number of hydrogen-bond acceptors (Lipinski definition) is 5. The molecule has 0 aliphatic heterocycles. The first-order valence-corrected chi connectivity index (χ1v) is 12.6. The second-order valence-electron chi connectivity index (χ2n) is 6.15. The van der Waals surface area contributed by atoms with Crippen molar-refractivity contribution in [3.8, 4) is 0 Å². The SMILES string of the molecule is O=P(c1ccc(F)cc1)(c1cccc(S(=O)(=O)O)c1)c1ccc(F)c(S(=O)(=O)O)c1. The standard InChI is InChI=1S/C18H13F2O7PS2/c19-12-4-6-13(7-5-12)28(21,14-2-1-3-16(10-14)29(22,23)24)15-8-9-17(20)18(11-15)30(25,26)27/h1-11H,(H,22,23,24)(H,25,26,27). The fourth-order valence-electron chi connectivity index (χ4n) is 2.82. The summed E-state index contributed by atoms with van der Waals surface area (Å²) >= 11 is 0. The number of rotatable bonds is 5. The van der Waals surface area contributed by atoms with Gasteiger partial charge in [0.25, 0.3) is 20.2 Å². The van der Waals surface area contributed by atoms with E-state index in [4.69, 9.17) is 0 Å². The lowest BCUT2D eigenvalue weighted by atomic mass is 10.3. The van der Waals surface area contributed by atoms with Gasteiger partial charge in [-0.2, -0.15) is 16.8 Å². The molecule has 0 saturated carbocycles. The molecular weight excluding hydrogens is 461 g/mol. The molecule has 0 spiro atoms. The van der Waals surface area contributed by atoms with Crippen LogP contribution in [0.3, 0.4) is 0 Å². The second kappa shape index (κ2) is 7.68. The first kappa shape index (κ1) is 22.3. The molecule has 0 heterocycles. The quantitative estimate of drug-likeness (QED) is 0.428. The summed E-state index contributed by atoms with van der Waals surface area (Å²) in [5.74, 6) is -1.95. The van der Waals surface area contributed by atoms with Gasteiger partial charge in [-0.1, -0.05) is 12.1 Å². The predicted octanol–water partition coefficient (Wildman–Crippen LogP) is 2.10. The van der Waals surface area contributed by atoms with Gasteiger partial charge in [0.1, 0.15) is 16.5 Å². The summed E-state index contributed by atoms with van der Waals surface area (Å²) in [5, 5.41) is -0.447. The summed E-state index contributed by atoms with van der Waals surface area (Å²) in [4.78, 5) is -1.72. The first-order chi connectivity index (χ1) is 13.8. The lowest BCUT2D eigenvalue weighted by Gasteiger charge is -2.21. The molecule has 0 fully saturated rings. The van der Waals surface area contributed by atoms with Gasteiger partial charge >= 0.3 is 0 Å². The van der Waals surface area contributed by atoms with Gasteiger partial charge in [-0.15, -0.1) is 0 Å². The molecule has 0 aliphatic carbocycles. The average molecular weight is 474 g/mol. The molecule has 3 rings (SSSR count). The predicted molar refractivity (Wildman–Crippen MR) is 105 cm³/mol. The van der Waals surface area contributed by atoms with Gasteiger partial charge in [0.2, 0.25) is 0 Å². The van der Waals surface area contributed by atoms with Crippen LogP contribution in [-0.2, 0) is 24.8 Å². The molecule has 158 valence electrons. The van der Waals surface area contributed by atoms with Crippen molar-refractivity contribution in [1.29, 1.82) is 0 Å². The van der Waals surface area contributed by atoms with E-state index >= 15 is 0 Å². The summed E-state index contributed by atoms with van der Waals surface area (Å²) in [5.41, 5.74) is 0. The molecule has 0 aliphatic rings. The highest BCUT2D eigenvalue weighted by Crippen LogP contribution is 2.43. The van der Waals surface area contributed by atoms with E-state index in [0.717, 1.165) is 42.5 Å². The van der Waals surface area contributed by atoms with Crippen molar-refractivity contribution in [1.82, 2.24) is 0 Å². The maximum atomic E-state index is 14.2. The number of benzene rings is 3. The minimum absolute atomic E-state index is 0.0238.